The third kappa shape index (κ3) is 4.88. The van der Waals surface area contributed by atoms with Gasteiger partial charge in [0.25, 0.3) is 11.6 Å². The number of methoxy groups -OCH3 is 1. The number of ether oxygens (including phenoxy) is 2. The Morgan fingerprint density at radius 3 is 2.68 bits per heavy atom. The summed E-state index contributed by atoms with van der Waals surface area (Å²) in [6.45, 7) is -0.590. The first kappa shape index (κ1) is 18.1. The van der Waals surface area contributed by atoms with E-state index in [9.17, 15) is 19.7 Å². The summed E-state index contributed by atoms with van der Waals surface area (Å²) in [5, 5.41) is 13.4. The molecule has 0 saturated heterocycles. The van der Waals surface area contributed by atoms with Gasteiger partial charge in [0, 0.05) is 18.3 Å². The van der Waals surface area contributed by atoms with E-state index in [0.717, 1.165) is 6.07 Å². The predicted octanol–water partition coefficient (Wildman–Crippen LogP) is 2.45. The number of anilines is 1. The molecule has 0 bridgehead atoms. The first-order valence-corrected chi connectivity index (χ1v) is 7.19. The summed E-state index contributed by atoms with van der Waals surface area (Å²) in [6, 6.07) is 6.54. The van der Waals surface area contributed by atoms with E-state index in [-0.39, 0.29) is 27.8 Å². The maximum absolute atomic E-state index is 11.9. The highest BCUT2D eigenvalue weighted by molar-refractivity contribution is 6.29. The number of non-ortho nitro benzene ring substituents is 1. The van der Waals surface area contributed by atoms with Crippen molar-refractivity contribution >= 4 is 34.9 Å². The summed E-state index contributed by atoms with van der Waals surface area (Å²) >= 11 is 5.61. The van der Waals surface area contributed by atoms with Crippen molar-refractivity contribution in [1.82, 2.24) is 4.98 Å². The maximum Gasteiger partial charge on any atom is 0.340 e. The molecule has 10 heteroatoms. The Morgan fingerprint density at radius 2 is 2.08 bits per heavy atom. The number of amides is 1. The number of hydrogen-bond donors (Lipinski definition) is 1. The SMILES string of the molecule is COc1ccc([N+](=O)[O-])cc1NC(=O)COC(=O)c1ccc(Cl)nc1. The molecule has 1 N–H and O–H groups in total. The lowest BCUT2D eigenvalue weighted by molar-refractivity contribution is -0.384. The fourth-order valence-electron chi connectivity index (χ4n) is 1.80. The van der Waals surface area contributed by atoms with Crippen LogP contribution in [0.5, 0.6) is 5.75 Å². The van der Waals surface area contributed by atoms with Crippen molar-refractivity contribution < 1.29 is 24.0 Å². The molecule has 1 aromatic carbocycles. The van der Waals surface area contributed by atoms with Gasteiger partial charge in [-0.15, -0.1) is 0 Å². The van der Waals surface area contributed by atoms with Gasteiger partial charge in [-0.2, -0.15) is 0 Å². The highest BCUT2D eigenvalue weighted by Gasteiger charge is 2.15. The molecule has 25 heavy (non-hydrogen) atoms. The zero-order valence-electron chi connectivity index (χ0n) is 12.9. The number of hydrogen-bond acceptors (Lipinski definition) is 7. The van der Waals surface area contributed by atoms with Gasteiger partial charge < -0.3 is 14.8 Å². The molecule has 1 heterocycles. The van der Waals surface area contributed by atoms with Crippen LogP contribution in [0.4, 0.5) is 11.4 Å². The van der Waals surface area contributed by atoms with Gasteiger partial charge in [-0.1, -0.05) is 11.6 Å². The van der Waals surface area contributed by atoms with Crippen molar-refractivity contribution in [3.63, 3.8) is 0 Å². The maximum atomic E-state index is 11.9. The van der Waals surface area contributed by atoms with Crippen LogP contribution in [0.3, 0.4) is 0 Å². The molecule has 1 amide bonds. The third-order valence-electron chi connectivity index (χ3n) is 2.97. The summed E-state index contributed by atoms with van der Waals surface area (Å²) < 4.78 is 9.87. The molecule has 0 spiro atoms. The van der Waals surface area contributed by atoms with Crippen molar-refractivity contribution in [3.05, 3.63) is 57.4 Å². The van der Waals surface area contributed by atoms with E-state index < -0.39 is 23.4 Å². The van der Waals surface area contributed by atoms with Crippen LogP contribution in [0, 0.1) is 10.1 Å². The first-order valence-electron chi connectivity index (χ1n) is 6.81. The molecule has 0 atom stereocenters. The van der Waals surface area contributed by atoms with E-state index in [1.807, 2.05) is 0 Å². The monoisotopic (exact) mass is 365 g/mol. The molecule has 2 rings (SSSR count). The quantitative estimate of drug-likeness (QED) is 0.361. The molecule has 0 unspecified atom stereocenters. The Kier molecular flexibility index (Phi) is 5.85. The molecule has 0 radical (unpaired) electrons. The largest absolute Gasteiger partial charge is 0.495 e. The molecule has 0 aliphatic rings. The van der Waals surface area contributed by atoms with Crippen LogP contribution in [-0.2, 0) is 9.53 Å². The van der Waals surface area contributed by atoms with Gasteiger partial charge in [0.1, 0.15) is 10.9 Å². The van der Waals surface area contributed by atoms with Crippen LogP contribution in [0.1, 0.15) is 10.4 Å². The smallest absolute Gasteiger partial charge is 0.340 e. The van der Waals surface area contributed by atoms with Gasteiger partial charge in [-0.25, -0.2) is 9.78 Å². The van der Waals surface area contributed by atoms with Gasteiger partial charge in [-0.05, 0) is 18.2 Å². The Labute approximate surface area is 146 Å². The van der Waals surface area contributed by atoms with Crippen LogP contribution < -0.4 is 10.1 Å². The average molecular weight is 366 g/mol. The molecule has 0 fully saturated rings. The summed E-state index contributed by atoms with van der Waals surface area (Å²) in [6.07, 6.45) is 1.21. The zero-order chi connectivity index (χ0) is 18.4. The predicted molar refractivity (Wildman–Crippen MR) is 87.8 cm³/mol. The van der Waals surface area contributed by atoms with Crippen molar-refractivity contribution in [2.45, 2.75) is 0 Å². The lowest BCUT2D eigenvalue weighted by atomic mass is 10.2. The van der Waals surface area contributed by atoms with Gasteiger partial charge in [0.2, 0.25) is 0 Å². The van der Waals surface area contributed by atoms with E-state index in [0.29, 0.717) is 0 Å². The van der Waals surface area contributed by atoms with E-state index >= 15 is 0 Å². The molecule has 0 aliphatic heterocycles. The second kappa shape index (κ2) is 8.06. The zero-order valence-corrected chi connectivity index (χ0v) is 13.6. The minimum atomic E-state index is -0.759. The van der Waals surface area contributed by atoms with Crippen LogP contribution in [-0.4, -0.2) is 35.5 Å². The number of aromatic nitrogens is 1. The van der Waals surface area contributed by atoms with Crippen LogP contribution >= 0.6 is 11.6 Å². The number of rotatable bonds is 6. The number of nitro groups is 1. The summed E-state index contributed by atoms with van der Waals surface area (Å²) in [5.41, 5.74) is -0.00336. The Morgan fingerprint density at radius 1 is 1.32 bits per heavy atom. The minimum Gasteiger partial charge on any atom is -0.495 e. The number of carbonyl (C=O) groups excluding carboxylic acids is 2. The molecular formula is C15H12ClN3O6. The van der Waals surface area contributed by atoms with Gasteiger partial charge in [0.15, 0.2) is 6.61 Å². The van der Waals surface area contributed by atoms with Gasteiger partial charge >= 0.3 is 5.97 Å². The van der Waals surface area contributed by atoms with Gasteiger partial charge in [-0.3, -0.25) is 14.9 Å². The fourth-order valence-corrected chi connectivity index (χ4v) is 1.92. The third-order valence-corrected chi connectivity index (χ3v) is 3.19. The number of nitrogens with zero attached hydrogens (tertiary/aromatic N) is 2. The Bertz CT molecular complexity index is 809. The molecule has 0 aliphatic carbocycles. The number of pyridine rings is 1. The number of carbonyl (C=O) groups is 2. The number of nitrogens with one attached hydrogen (secondary N) is 1. The second-order valence-electron chi connectivity index (χ2n) is 4.64. The number of esters is 1. The highest BCUT2D eigenvalue weighted by atomic mass is 35.5. The fraction of sp³-hybridized carbons (Fsp3) is 0.133. The molecule has 1 aromatic heterocycles. The van der Waals surface area contributed by atoms with Gasteiger partial charge in [0.05, 0.1) is 23.3 Å². The van der Waals surface area contributed by atoms with E-state index in [2.05, 4.69) is 10.3 Å². The summed E-state index contributed by atoms with van der Waals surface area (Å²) in [5.74, 6) is -1.22. The highest BCUT2D eigenvalue weighted by Crippen LogP contribution is 2.28. The topological polar surface area (TPSA) is 121 Å². The molecule has 0 saturated carbocycles. The van der Waals surface area contributed by atoms with E-state index in [4.69, 9.17) is 21.1 Å². The van der Waals surface area contributed by atoms with Crippen LogP contribution in [0.25, 0.3) is 0 Å². The van der Waals surface area contributed by atoms with Crippen molar-refractivity contribution in [2.24, 2.45) is 0 Å². The second-order valence-corrected chi connectivity index (χ2v) is 5.02. The summed E-state index contributed by atoms with van der Waals surface area (Å²) in [7, 11) is 1.35. The van der Waals surface area contributed by atoms with Crippen molar-refractivity contribution in [3.8, 4) is 5.75 Å². The van der Waals surface area contributed by atoms with Crippen molar-refractivity contribution in [1.29, 1.82) is 0 Å². The van der Waals surface area contributed by atoms with Crippen LogP contribution in [0.2, 0.25) is 5.15 Å². The molecule has 9 nitrogen and oxygen atoms in total. The Balaban J connectivity index is 2.00. The van der Waals surface area contributed by atoms with E-state index in [1.54, 1.807) is 0 Å². The summed E-state index contributed by atoms with van der Waals surface area (Å²) in [4.78, 5) is 37.6. The number of halogens is 1. The number of benzene rings is 1. The van der Waals surface area contributed by atoms with Crippen LogP contribution in [0.15, 0.2) is 36.5 Å². The average Bonchev–Trinajstić information content (AvgIpc) is 2.60. The van der Waals surface area contributed by atoms with Crippen molar-refractivity contribution in [2.75, 3.05) is 19.0 Å². The van der Waals surface area contributed by atoms with E-state index in [1.165, 1.54) is 37.6 Å². The number of nitro benzene ring substituents is 1. The Hall–Kier alpha value is -3.20. The first-order chi connectivity index (χ1) is 11.9. The normalized spacial score (nSPS) is 10.0. The standard InChI is InChI=1S/C15H12ClN3O6/c1-24-12-4-3-10(19(22)23)6-11(12)18-14(20)8-25-15(21)9-2-5-13(16)17-7-9/h2-7H,8H2,1H3,(H,18,20). The molecule has 130 valence electrons. The molecular weight excluding hydrogens is 354 g/mol. The lowest BCUT2D eigenvalue weighted by Crippen LogP contribution is -2.21. The molecule has 2 aromatic rings. The minimum absolute atomic E-state index is 0.0888. The lowest BCUT2D eigenvalue weighted by Gasteiger charge is -2.10.